The highest BCUT2D eigenvalue weighted by atomic mass is 19.1. The van der Waals surface area contributed by atoms with E-state index in [0.717, 1.165) is 0 Å². The van der Waals surface area contributed by atoms with Crippen molar-refractivity contribution in [2.75, 3.05) is 20.3 Å². The summed E-state index contributed by atoms with van der Waals surface area (Å²) in [7, 11) is 1.58. The fraction of sp³-hybridized carbons (Fsp3) is 0.529. The van der Waals surface area contributed by atoms with Gasteiger partial charge in [0.2, 0.25) is 5.91 Å². The molecule has 0 aliphatic carbocycles. The summed E-state index contributed by atoms with van der Waals surface area (Å²) < 4.78 is 18.4. The van der Waals surface area contributed by atoms with Crippen LogP contribution in [0.4, 0.5) is 4.39 Å². The largest absolute Gasteiger partial charge is 0.481 e. The number of benzene rings is 1. The zero-order chi connectivity index (χ0) is 17.0. The monoisotopic (exact) mass is 323 g/mol. The van der Waals surface area contributed by atoms with Crippen LogP contribution in [0, 0.1) is 18.7 Å². The lowest BCUT2D eigenvalue weighted by Crippen LogP contribution is -2.46. The Balaban J connectivity index is 2.38. The standard InChI is InChI=1S/C17H22FNO4/c1-11-10-12(18)4-5-13(11)16-14(17(21)22)6-7-15(20)19(16)8-3-9-23-2/h4-5,10,14,16H,3,6-9H2,1-2H3,(H,21,22)/t14-,16-/m0/s1. The van der Waals surface area contributed by atoms with Crippen molar-refractivity contribution in [2.24, 2.45) is 5.92 Å². The van der Waals surface area contributed by atoms with Gasteiger partial charge in [-0.25, -0.2) is 4.39 Å². The molecule has 126 valence electrons. The van der Waals surface area contributed by atoms with Crippen LogP contribution in [-0.2, 0) is 14.3 Å². The van der Waals surface area contributed by atoms with Crippen molar-refractivity contribution in [3.63, 3.8) is 0 Å². The minimum atomic E-state index is -0.928. The molecule has 1 heterocycles. The van der Waals surface area contributed by atoms with Gasteiger partial charge in [0, 0.05) is 26.7 Å². The number of rotatable bonds is 6. The molecule has 0 aromatic heterocycles. The third-order valence-electron chi connectivity index (χ3n) is 4.32. The maximum absolute atomic E-state index is 13.4. The van der Waals surface area contributed by atoms with E-state index in [1.165, 1.54) is 12.1 Å². The number of amides is 1. The number of carbonyl (C=O) groups excluding carboxylic acids is 1. The van der Waals surface area contributed by atoms with E-state index in [1.807, 2.05) is 0 Å². The molecule has 2 rings (SSSR count). The van der Waals surface area contributed by atoms with E-state index in [0.29, 0.717) is 37.1 Å². The van der Waals surface area contributed by atoms with Gasteiger partial charge in [-0.3, -0.25) is 9.59 Å². The number of aliphatic carboxylic acids is 1. The Bertz CT molecular complexity index is 590. The van der Waals surface area contributed by atoms with Crippen molar-refractivity contribution >= 4 is 11.9 Å². The predicted molar refractivity (Wildman–Crippen MR) is 82.4 cm³/mol. The fourth-order valence-corrected chi connectivity index (χ4v) is 3.21. The molecule has 1 aromatic carbocycles. The lowest BCUT2D eigenvalue weighted by Gasteiger charge is -2.40. The predicted octanol–water partition coefficient (Wildman–Crippen LogP) is 2.53. The number of nitrogens with zero attached hydrogens (tertiary/aromatic N) is 1. The highest BCUT2D eigenvalue weighted by Gasteiger charge is 2.40. The topological polar surface area (TPSA) is 66.8 Å². The molecule has 23 heavy (non-hydrogen) atoms. The van der Waals surface area contributed by atoms with Crippen LogP contribution in [0.3, 0.4) is 0 Å². The zero-order valence-electron chi connectivity index (χ0n) is 13.4. The van der Waals surface area contributed by atoms with E-state index in [9.17, 15) is 19.1 Å². The van der Waals surface area contributed by atoms with Gasteiger partial charge in [0.15, 0.2) is 0 Å². The van der Waals surface area contributed by atoms with E-state index < -0.39 is 17.9 Å². The number of hydrogen-bond donors (Lipinski definition) is 1. The van der Waals surface area contributed by atoms with Crippen LogP contribution < -0.4 is 0 Å². The second-order valence-corrected chi connectivity index (χ2v) is 5.86. The number of ether oxygens (including phenoxy) is 1. The molecule has 0 saturated carbocycles. The Hall–Kier alpha value is -1.95. The summed E-state index contributed by atoms with van der Waals surface area (Å²) in [6, 6.07) is 3.72. The second-order valence-electron chi connectivity index (χ2n) is 5.86. The van der Waals surface area contributed by atoms with Crippen LogP contribution in [0.5, 0.6) is 0 Å². The summed E-state index contributed by atoms with van der Waals surface area (Å²) in [5.74, 6) is -2.04. The van der Waals surface area contributed by atoms with E-state index in [2.05, 4.69) is 0 Å². The molecule has 1 N–H and O–H groups in total. The Labute approximate surface area is 135 Å². The van der Waals surface area contributed by atoms with Gasteiger partial charge in [0.05, 0.1) is 12.0 Å². The first-order chi connectivity index (χ1) is 11.0. The van der Waals surface area contributed by atoms with Crippen LogP contribution in [0.15, 0.2) is 18.2 Å². The molecule has 0 unspecified atom stereocenters. The highest BCUT2D eigenvalue weighted by Crippen LogP contribution is 2.38. The molecule has 5 nitrogen and oxygen atoms in total. The van der Waals surface area contributed by atoms with Gasteiger partial charge in [0.1, 0.15) is 5.82 Å². The van der Waals surface area contributed by atoms with E-state index in [4.69, 9.17) is 4.74 Å². The summed E-state index contributed by atoms with van der Waals surface area (Å²) in [5, 5.41) is 9.55. The Kier molecular flexibility index (Phi) is 5.71. The summed E-state index contributed by atoms with van der Waals surface area (Å²) in [5.41, 5.74) is 1.36. The third-order valence-corrected chi connectivity index (χ3v) is 4.32. The lowest BCUT2D eigenvalue weighted by molar-refractivity contribution is -0.152. The number of hydrogen-bond acceptors (Lipinski definition) is 3. The lowest BCUT2D eigenvalue weighted by atomic mass is 9.82. The minimum Gasteiger partial charge on any atom is -0.481 e. The van der Waals surface area contributed by atoms with Gasteiger partial charge in [-0.2, -0.15) is 0 Å². The number of carboxylic acids is 1. The quantitative estimate of drug-likeness (QED) is 0.817. The molecule has 1 amide bonds. The van der Waals surface area contributed by atoms with Crippen LogP contribution >= 0.6 is 0 Å². The minimum absolute atomic E-state index is 0.0627. The SMILES string of the molecule is COCCCN1C(=O)CC[C@H](C(=O)O)[C@@H]1c1ccc(F)cc1C. The summed E-state index contributed by atoms with van der Waals surface area (Å²) in [4.78, 5) is 25.6. The highest BCUT2D eigenvalue weighted by molar-refractivity contribution is 5.82. The fourth-order valence-electron chi connectivity index (χ4n) is 3.21. The van der Waals surface area contributed by atoms with Gasteiger partial charge >= 0.3 is 5.97 Å². The van der Waals surface area contributed by atoms with Crippen molar-refractivity contribution in [2.45, 2.75) is 32.2 Å². The summed E-state index contributed by atoms with van der Waals surface area (Å²) in [6.07, 6.45) is 1.16. The molecule has 0 bridgehead atoms. The van der Waals surface area contributed by atoms with Crippen molar-refractivity contribution in [1.29, 1.82) is 0 Å². The summed E-state index contributed by atoms with van der Waals surface area (Å²) >= 11 is 0. The first-order valence-corrected chi connectivity index (χ1v) is 7.73. The molecule has 1 fully saturated rings. The number of piperidine rings is 1. The maximum atomic E-state index is 13.4. The number of methoxy groups -OCH3 is 1. The Morgan fingerprint density at radius 1 is 1.48 bits per heavy atom. The molecular formula is C17H22FNO4. The Morgan fingerprint density at radius 2 is 2.22 bits per heavy atom. The van der Waals surface area contributed by atoms with Gasteiger partial charge in [-0.05, 0) is 43.0 Å². The molecule has 0 spiro atoms. The van der Waals surface area contributed by atoms with E-state index >= 15 is 0 Å². The average Bonchev–Trinajstić information content (AvgIpc) is 2.49. The first kappa shape index (κ1) is 17.4. The number of halogens is 1. The average molecular weight is 323 g/mol. The van der Waals surface area contributed by atoms with Crippen LogP contribution in [0.1, 0.15) is 36.4 Å². The molecule has 0 radical (unpaired) electrons. The van der Waals surface area contributed by atoms with Gasteiger partial charge in [-0.15, -0.1) is 0 Å². The number of aryl methyl sites for hydroxylation is 1. The zero-order valence-corrected chi connectivity index (χ0v) is 13.4. The molecule has 2 atom stereocenters. The van der Waals surface area contributed by atoms with Crippen LogP contribution in [-0.4, -0.2) is 42.1 Å². The second kappa shape index (κ2) is 7.55. The van der Waals surface area contributed by atoms with Crippen molar-refractivity contribution in [3.05, 3.63) is 35.1 Å². The molecule has 1 aromatic rings. The summed E-state index contributed by atoms with van der Waals surface area (Å²) in [6.45, 7) is 2.66. The number of carboxylic acid groups (broad SMARTS) is 1. The smallest absolute Gasteiger partial charge is 0.308 e. The molecule has 1 aliphatic rings. The Morgan fingerprint density at radius 3 is 2.83 bits per heavy atom. The normalized spacial score (nSPS) is 21.5. The van der Waals surface area contributed by atoms with Crippen molar-refractivity contribution in [3.8, 4) is 0 Å². The van der Waals surface area contributed by atoms with Crippen molar-refractivity contribution in [1.82, 2.24) is 4.90 Å². The molecule has 6 heteroatoms. The third kappa shape index (κ3) is 3.88. The number of likely N-dealkylation sites (tertiary alicyclic amines) is 1. The molecule has 1 saturated heterocycles. The van der Waals surface area contributed by atoms with Crippen molar-refractivity contribution < 1.29 is 23.8 Å². The van der Waals surface area contributed by atoms with Gasteiger partial charge < -0.3 is 14.7 Å². The first-order valence-electron chi connectivity index (χ1n) is 7.73. The number of carbonyl (C=O) groups is 2. The van der Waals surface area contributed by atoms with E-state index in [-0.39, 0.29) is 18.1 Å². The van der Waals surface area contributed by atoms with Gasteiger partial charge in [0.25, 0.3) is 0 Å². The molecule has 1 aliphatic heterocycles. The molecular weight excluding hydrogens is 301 g/mol. The van der Waals surface area contributed by atoms with Crippen LogP contribution in [0.2, 0.25) is 0 Å². The van der Waals surface area contributed by atoms with Crippen LogP contribution in [0.25, 0.3) is 0 Å². The van der Waals surface area contributed by atoms with E-state index in [1.54, 1.807) is 25.0 Å². The maximum Gasteiger partial charge on any atom is 0.308 e. The van der Waals surface area contributed by atoms with Gasteiger partial charge in [-0.1, -0.05) is 6.07 Å².